The summed E-state index contributed by atoms with van der Waals surface area (Å²) in [7, 11) is -4.13. The number of hydrogen-bond donors (Lipinski definition) is 2. The minimum absolute atomic E-state index is 0.0637. The Balaban J connectivity index is 1.86. The molecule has 7 nitrogen and oxygen atoms in total. The molecule has 162 valence electrons. The molecule has 29 heavy (non-hydrogen) atoms. The maximum Gasteiger partial charge on any atom is 0.416 e. The van der Waals surface area contributed by atoms with Gasteiger partial charge in [0.25, 0.3) is 0 Å². The van der Waals surface area contributed by atoms with E-state index in [9.17, 15) is 26.4 Å². The van der Waals surface area contributed by atoms with E-state index in [-0.39, 0.29) is 25.1 Å². The van der Waals surface area contributed by atoms with Crippen LogP contribution in [0, 0.1) is 0 Å². The number of rotatable bonds is 5. The highest BCUT2D eigenvalue weighted by Gasteiger charge is 2.54. The molecular formula is C18H24F3N3O4S. The van der Waals surface area contributed by atoms with Crippen molar-refractivity contribution in [1.29, 1.82) is 0 Å². The molecule has 1 atom stereocenters. The van der Waals surface area contributed by atoms with Crippen molar-refractivity contribution in [3.8, 4) is 5.75 Å². The molecule has 0 aromatic heterocycles. The lowest BCUT2D eigenvalue weighted by atomic mass is 9.96. The number of piperidine rings is 2. The zero-order chi connectivity index (χ0) is 21.3. The number of primary amides is 1. The van der Waals surface area contributed by atoms with Crippen LogP contribution in [0.5, 0.6) is 5.75 Å². The van der Waals surface area contributed by atoms with Crippen molar-refractivity contribution in [3.63, 3.8) is 0 Å². The van der Waals surface area contributed by atoms with Gasteiger partial charge >= 0.3 is 6.18 Å². The molecule has 0 saturated carbocycles. The van der Waals surface area contributed by atoms with Gasteiger partial charge in [0.05, 0.1) is 5.56 Å². The van der Waals surface area contributed by atoms with E-state index in [0.29, 0.717) is 32.4 Å². The third-order valence-electron chi connectivity index (χ3n) is 5.52. The number of nitrogens with zero attached hydrogens (tertiary/aromatic N) is 1. The number of amides is 1. The molecule has 1 aromatic rings. The SMILES string of the molecule is NC(=O)C1(S(=O)(=O)N2CCCCC2Oc2ccc(C(F)(F)F)cc2)CCNCC1. The Hall–Kier alpha value is -1.85. The molecule has 2 fully saturated rings. The maximum atomic E-state index is 13.5. The van der Waals surface area contributed by atoms with Crippen LogP contribution in [0.25, 0.3) is 0 Å². The Morgan fingerprint density at radius 3 is 2.34 bits per heavy atom. The molecule has 2 heterocycles. The number of ether oxygens (including phenoxy) is 1. The molecule has 0 aliphatic carbocycles. The fourth-order valence-electron chi connectivity index (χ4n) is 3.83. The van der Waals surface area contributed by atoms with E-state index in [4.69, 9.17) is 10.5 Å². The molecule has 0 radical (unpaired) electrons. The fourth-order valence-corrected chi connectivity index (χ4v) is 6.08. The van der Waals surface area contributed by atoms with Crippen LogP contribution < -0.4 is 15.8 Å². The predicted octanol–water partition coefficient (Wildman–Crippen LogP) is 1.83. The van der Waals surface area contributed by atoms with Crippen LogP contribution in [0.15, 0.2) is 24.3 Å². The second-order valence-electron chi connectivity index (χ2n) is 7.31. The lowest BCUT2D eigenvalue weighted by molar-refractivity contribution is -0.137. The minimum Gasteiger partial charge on any atom is -0.474 e. The maximum absolute atomic E-state index is 13.5. The van der Waals surface area contributed by atoms with E-state index in [1.807, 2.05) is 0 Å². The third-order valence-corrected chi connectivity index (χ3v) is 8.15. The van der Waals surface area contributed by atoms with Crippen molar-refractivity contribution in [2.45, 2.75) is 49.3 Å². The Kier molecular flexibility index (Phi) is 6.11. The molecule has 3 N–H and O–H groups in total. The van der Waals surface area contributed by atoms with Gasteiger partial charge in [-0.15, -0.1) is 0 Å². The number of halogens is 3. The number of nitrogens with two attached hydrogens (primary N) is 1. The number of benzene rings is 1. The van der Waals surface area contributed by atoms with Gasteiger partial charge < -0.3 is 15.8 Å². The molecule has 2 aliphatic heterocycles. The van der Waals surface area contributed by atoms with Gasteiger partial charge in [-0.25, -0.2) is 8.42 Å². The molecule has 1 amide bonds. The van der Waals surface area contributed by atoms with Crippen LogP contribution in [-0.4, -0.2) is 49.2 Å². The van der Waals surface area contributed by atoms with Gasteiger partial charge in [-0.1, -0.05) is 0 Å². The largest absolute Gasteiger partial charge is 0.474 e. The summed E-state index contributed by atoms with van der Waals surface area (Å²) in [6.07, 6.45) is -3.59. The van der Waals surface area contributed by atoms with Crippen LogP contribution in [0.3, 0.4) is 0 Å². The smallest absolute Gasteiger partial charge is 0.416 e. The van der Waals surface area contributed by atoms with Crippen molar-refractivity contribution in [2.75, 3.05) is 19.6 Å². The Morgan fingerprint density at radius 2 is 1.79 bits per heavy atom. The van der Waals surface area contributed by atoms with Crippen LogP contribution in [0.1, 0.15) is 37.7 Å². The van der Waals surface area contributed by atoms with Crippen molar-refractivity contribution >= 4 is 15.9 Å². The van der Waals surface area contributed by atoms with Crippen LogP contribution >= 0.6 is 0 Å². The Bertz CT molecular complexity index is 837. The van der Waals surface area contributed by atoms with E-state index >= 15 is 0 Å². The lowest BCUT2D eigenvalue weighted by Crippen LogP contribution is -2.63. The molecule has 1 aromatic carbocycles. The van der Waals surface area contributed by atoms with Gasteiger partial charge in [0.15, 0.2) is 11.0 Å². The minimum atomic E-state index is -4.47. The Morgan fingerprint density at radius 1 is 1.17 bits per heavy atom. The van der Waals surface area contributed by atoms with E-state index in [0.717, 1.165) is 28.6 Å². The summed E-state index contributed by atoms with van der Waals surface area (Å²) < 4.78 is 70.3. The monoisotopic (exact) mass is 435 g/mol. The summed E-state index contributed by atoms with van der Waals surface area (Å²) in [4.78, 5) is 12.2. The predicted molar refractivity (Wildman–Crippen MR) is 99.4 cm³/mol. The first-order chi connectivity index (χ1) is 13.6. The molecule has 3 rings (SSSR count). The second kappa shape index (κ2) is 8.11. The second-order valence-corrected chi connectivity index (χ2v) is 9.52. The van der Waals surface area contributed by atoms with Crippen molar-refractivity contribution in [3.05, 3.63) is 29.8 Å². The average molecular weight is 435 g/mol. The zero-order valence-corrected chi connectivity index (χ0v) is 16.6. The van der Waals surface area contributed by atoms with Gasteiger partial charge in [0.1, 0.15) is 5.75 Å². The standard InChI is InChI=1S/C18H24F3N3O4S/c19-18(20,21)13-4-6-14(7-5-13)28-15-3-1-2-12-24(15)29(26,27)17(16(22)25)8-10-23-11-9-17/h4-7,15,23H,1-3,8-12H2,(H2,22,25). The average Bonchev–Trinajstić information content (AvgIpc) is 2.68. The van der Waals surface area contributed by atoms with E-state index in [2.05, 4.69) is 5.32 Å². The van der Waals surface area contributed by atoms with Crippen molar-refractivity contribution < 1.29 is 31.1 Å². The summed E-state index contributed by atoms with van der Waals surface area (Å²) >= 11 is 0. The highest BCUT2D eigenvalue weighted by molar-refractivity contribution is 7.91. The normalized spacial score (nSPS) is 23.5. The van der Waals surface area contributed by atoms with Gasteiger partial charge in [-0.3, -0.25) is 4.79 Å². The summed E-state index contributed by atoms with van der Waals surface area (Å²) in [6.45, 7) is 0.858. The summed E-state index contributed by atoms with van der Waals surface area (Å²) in [5.41, 5.74) is 4.71. The highest BCUT2D eigenvalue weighted by atomic mass is 32.2. The van der Waals surface area contributed by atoms with Crippen LogP contribution in [-0.2, 0) is 21.0 Å². The van der Waals surface area contributed by atoms with Gasteiger partial charge in [0, 0.05) is 6.54 Å². The number of nitrogens with one attached hydrogen (secondary N) is 1. The van der Waals surface area contributed by atoms with Crippen molar-refractivity contribution in [1.82, 2.24) is 9.62 Å². The van der Waals surface area contributed by atoms with E-state index < -0.39 is 38.6 Å². The topological polar surface area (TPSA) is 102 Å². The molecule has 0 bridgehead atoms. The molecule has 2 aliphatic rings. The first kappa shape index (κ1) is 21.8. The number of hydrogen-bond acceptors (Lipinski definition) is 5. The lowest BCUT2D eigenvalue weighted by Gasteiger charge is -2.42. The van der Waals surface area contributed by atoms with E-state index in [1.165, 1.54) is 0 Å². The van der Waals surface area contributed by atoms with Gasteiger partial charge in [0.2, 0.25) is 15.9 Å². The number of alkyl halides is 3. The zero-order valence-electron chi connectivity index (χ0n) is 15.7. The number of carbonyl (C=O) groups excluding carboxylic acids is 1. The number of carbonyl (C=O) groups is 1. The van der Waals surface area contributed by atoms with Gasteiger partial charge in [-0.2, -0.15) is 17.5 Å². The fraction of sp³-hybridized carbons (Fsp3) is 0.611. The summed E-state index contributed by atoms with van der Waals surface area (Å²) in [5.74, 6) is -0.763. The summed E-state index contributed by atoms with van der Waals surface area (Å²) in [6, 6.07) is 4.09. The van der Waals surface area contributed by atoms with Crippen molar-refractivity contribution in [2.24, 2.45) is 5.73 Å². The highest BCUT2D eigenvalue weighted by Crippen LogP contribution is 2.36. The van der Waals surface area contributed by atoms with E-state index in [1.54, 1.807) is 0 Å². The first-order valence-electron chi connectivity index (χ1n) is 9.44. The molecule has 2 saturated heterocycles. The first-order valence-corrected chi connectivity index (χ1v) is 10.9. The van der Waals surface area contributed by atoms with Gasteiger partial charge in [-0.05, 0) is 69.5 Å². The Labute approximate surface area is 167 Å². The molecular weight excluding hydrogens is 411 g/mol. The van der Waals surface area contributed by atoms with Crippen LogP contribution in [0.4, 0.5) is 13.2 Å². The molecule has 1 unspecified atom stereocenters. The quantitative estimate of drug-likeness (QED) is 0.735. The third kappa shape index (κ3) is 4.22. The van der Waals surface area contributed by atoms with Crippen LogP contribution in [0.2, 0.25) is 0 Å². The molecule has 11 heteroatoms. The number of sulfonamides is 1. The summed E-state index contributed by atoms with van der Waals surface area (Å²) in [5, 5.41) is 3.02. The molecule has 0 spiro atoms.